The molecule has 0 aliphatic rings. The third kappa shape index (κ3) is 3.91. The van der Waals surface area contributed by atoms with Crippen LogP contribution in [0.3, 0.4) is 0 Å². The number of pyridine rings is 1. The summed E-state index contributed by atoms with van der Waals surface area (Å²) >= 11 is 0. The third-order valence-electron chi connectivity index (χ3n) is 2.66. The molecule has 0 amide bonds. The number of nitrogens with two attached hydrogens (primary N) is 1. The Bertz CT molecular complexity index is 419. The van der Waals surface area contributed by atoms with E-state index in [2.05, 4.69) is 24.1 Å². The molecule has 0 bridgehead atoms. The van der Waals surface area contributed by atoms with E-state index in [1.54, 1.807) is 12.3 Å². The number of nitrogens with one attached hydrogen (secondary N) is 1. The zero-order chi connectivity index (χ0) is 13.7. The summed E-state index contributed by atoms with van der Waals surface area (Å²) in [5, 5.41) is 3.06. The second-order valence-corrected chi connectivity index (χ2v) is 4.78. The van der Waals surface area contributed by atoms with E-state index in [1.165, 1.54) is 7.11 Å². The average Bonchev–Trinajstić information content (AvgIpc) is 2.31. The van der Waals surface area contributed by atoms with Crippen molar-refractivity contribution in [3.05, 3.63) is 17.8 Å². The summed E-state index contributed by atoms with van der Waals surface area (Å²) in [6.45, 7) is 5.99. The summed E-state index contributed by atoms with van der Waals surface area (Å²) in [5.74, 6) is 0.684. The van der Waals surface area contributed by atoms with Crippen molar-refractivity contribution in [3.63, 3.8) is 0 Å². The largest absolute Gasteiger partial charge is 0.467 e. The minimum atomic E-state index is -0.399. The quantitative estimate of drug-likeness (QED) is 0.782. The number of carbonyl (C=O) groups excluding carboxylic acids is 1. The third-order valence-corrected chi connectivity index (χ3v) is 2.66. The number of aryl methyl sites for hydroxylation is 1. The number of aromatic nitrogens is 1. The molecule has 1 aromatic rings. The fourth-order valence-electron chi connectivity index (χ4n) is 1.62. The van der Waals surface area contributed by atoms with Crippen molar-refractivity contribution in [2.45, 2.75) is 33.2 Å². The molecule has 1 heterocycles. The van der Waals surface area contributed by atoms with Gasteiger partial charge in [-0.05, 0) is 24.8 Å². The molecule has 3 N–H and O–H groups in total. The van der Waals surface area contributed by atoms with Crippen molar-refractivity contribution in [2.75, 3.05) is 18.2 Å². The van der Waals surface area contributed by atoms with E-state index in [0.717, 1.165) is 5.56 Å². The van der Waals surface area contributed by atoms with Crippen LogP contribution >= 0.6 is 0 Å². The molecular weight excluding hydrogens is 230 g/mol. The van der Waals surface area contributed by atoms with Gasteiger partial charge in [0.05, 0.1) is 7.11 Å². The van der Waals surface area contributed by atoms with E-state index in [1.807, 2.05) is 6.92 Å². The van der Waals surface area contributed by atoms with Crippen LogP contribution in [0.2, 0.25) is 0 Å². The van der Waals surface area contributed by atoms with Gasteiger partial charge in [-0.3, -0.25) is 0 Å². The Hall–Kier alpha value is -1.78. The summed E-state index contributed by atoms with van der Waals surface area (Å²) in [7, 11) is 1.38. The molecule has 0 fully saturated rings. The number of hydrogen-bond donors (Lipinski definition) is 2. The number of ether oxygens (including phenoxy) is 1. The molecule has 0 aliphatic heterocycles. The molecule has 18 heavy (non-hydrogen) atoms. The van der Waals surface area contributed by atoms with E-state index in [4.69, 9.17) is 10.5 Å². The maximum absolute atomic E-state index is 11.7. The van der Waals surface area contributed by atoms with E-state index >= 15 is 0 Å². The van der Waals surface area contributed by atoms with Crippen LogP contribution in [0.5, 0.6) is 0 Å². The van der Waals surface area contributed by atoms with Gasteiger partial charge in [0.1, 0.15) is 11.9 Å². The predicted molar refractivity (Wildman–Crippen MR) is 72.3 cm³/mol. The minimum Gasteiger partial charge on any atom is -0.467 e. The van der Waals surface area contributed by atoms with Crippen LogP contribution < -0.4 is 11.1 Å². The second-order valence-electron chi connectivity index (χ2n) is 4.78. The summed E-state index contributed by atoms with van der Waals surface area (Å²) in [6, 6.07) is 1.33. The number of methoxy groups -OCH3 is 1. The summed E-state index contributed by atoms with van der Waals surface area (Å²) in [5.41, 5.74) is 7.38. The molecular formula is C13H21N3O2. The van der Waals surface area contributed by atoms with Crippen LogP contribution in [-0.4, -0.2) is 24.1 Å². The topological polar surface area (TPSA) is 77.2 Å². The number of carbonyl (C=O) groups is 1. The van der Waals surface area contributed by atoms with Crippen LogP contribution in [0.15, 0.2) is 12.3 Å². The van der Waals surface area contributed by atoms with Crippen molar-refractivity contribution < 1.29 is 9.53 Å². The number of esters is 1. The smallest absolute Gasteiger partial charge is 0.328 e. The van der Waals surface area contributed by atoms with Crippen molar-refractivity contribution in [1.29, 1.82) is 0 Å². The number of anilines is 2. The molecule has 0 saturated heterocycles. The first-order valence-electron chi connectivity index (χ1n) is 6.00. The molecule has 5 heteroatoms. The summed E-state index contributed by atoms with van der Waals surface area (Å²) < 4.78 is 4.78. The number of nitrogens with zero attached hydrogens (tertiary/aromatic N) is 1. The fraction of sp³-hybridized carbons (Fsp3) is 0.538. The molecule has 1 atom stereocenters. The molecule has 100 valence electrons. The van der Waals surface area contributed by atoms with Gasteiger partial charge in [0.25, 0.3) is 0 Å². The highest BCUT2D eigenvalue weighted by atomic mass is 16.5. The van der Waals surface area contributed by atoms with Gasteiger partial charge in [0.2, 0.25) is 0 Å². The van der Waals surface area contributed by atoms with Gasteiger partial charge in [0.15, 0.2) is 0 Å². The lowest BCUT2D eigenvalue weighted by Crippen LogP contribution is -2.32. The Morgan fingerprint density at radius 2 is 2.22 bits per heavy atom. The summed E-state index contributed by atoms with van der Waals surface area (Å²) in [4.78, 5) is 15.9. The normalized spacial score (nSPS) is 12.3. The van der Waals surface area contributed by atoms with Crippen LogP contribution in [-0.2, 0) is 9.53 Å². The molecule has 0 aliphatic carbocycles. The number of rotatable bonds is 5. The van der Waals surface area contributed by atoms with Gasteiger partial charge < -0.3 is 15.8 Å². The van der Waals surface area contributed by atoms with Crippen LogP contribution in [0.4, 0.5) is 11.5 Å². The van der Waals surface area contributed by atoms with Gasteiger partial charge >= 0.3 is 5.97 Å². The van der Waals surface area contributed by atoms with Crippen molar-refractivity contribution in [3.8, 4) is 0 Å². The van der Waals surface area contributed by atoms with Crippen LogP contribution in [0.25, 0.3) is 0 Å². The first-order valence-corrected chi connectivity index (χ1v) is 6.00. The lowest BCUT2D eigenvalue weighted by Gasteiger charge is -2.19. The highest BCUT2D eigenvalue weighted by molar-refractivity contribution is 5.79. The zero-order valence-electron chi connectivity index (χ0n) is 11.4. The van der Waals surface area contributed by atoms with Crippen molar-refractivity contribution >= 4 is 17.5 Å². The fourth-order valence-corrected chi connectivity index (χ4v) is 1.62. The highest BCUT2D eigenvalue weighted by Gasteiger charge is 2.20. The lowest BCUT2D eigenvalue weighted by atomic mass is 10.0. The molecule has 0 spiro atoms. The summed E-state index contributed by atoms with van der Waals surface area (Å²) in [6.07, 6.45) is 2.36. The lowest BCUT2D eigenvalue weighted by molar-refractivity contribution is -0.141. The second kappa shape index (κ2) is 6.23. The van der Waals surface area contributed by atoms with Gasteiger partial charge in [0, 0.05) is 18.0 Å². The van der Waals surface area contributed by atoms with E-state index in [9.17, 15) is 4.79 Å². The van der Waals surface area contributed by atoms with E-state index < -0.39 is 6.04 Å². The Labute approximate surface area is 108 Å². The first-order chi connectivity index (χ1) is 8.43. The molecule has 0 radical (unpaired) electrons. The average molecular weight is 251 g/mol. The Balaban J connectivity index is 2.81. The molecule has 5 nitrogen and oxygen atoms in total. The molecule has 0 aromatic carbocycles. The van der Waals surface area contributed by atoms with Crippen molar-refractivity contribution in [1.82, 2.24) is 4.98 Å². The van der Waals surface area contributed by atoms with Gasteiger partial charge in [-0.1, -0.05) is 13.8 Å². The highest BCUT2D eigenvalue weighted by Crippen LogP contribution is 2.17. The van der Waals surface area contributed by atoms with E-state index in [-0.39, 0.29) is 5.97 Å². The maximum Gasteiger partial charge on any atom is 0.328 e. The van der Waals surface area contributed by atoms with Crippen molar-refractivity contribution in [2.24, 2.45) is 5.92 Å². The number of nitrogen functional groups attached to an aromatic ring is 1. The van der Waals surface area contributed by atoms with Crippen LogP contribution in [0, 0.1) is 12.8 Å². The maximum atomic E-state index is 11.7. The van der Waals surface area contributed by atoms with Crippen LogP contribution in [0.1, 0.15) is 25.8 Å². The molecule has 1 unspecified atom stereocenters. The molecule has 1 aromatic heterocycles. The standard InChI is InChI=1S/C13H21N3O2/c1-8(2)5-11(13(17)18-4)16-12-6-10(14)9(3)7-15-12/h6-8,11H,5H2,1-4H3,(H3,14,15,16). The monoisotopic (exact) mass is 251 g/mol. The molecule has 1 rings (SSSR count). The Morgan fingerprint density at radius 3 is 2.72 bits per heavy atom. The first kappa shape index (κ1) is 14.3. The van der Waals surface area contributed by atoms with Gasteiger partial charge in [-0.15, -0.1) is 0 Å². The van der Waals surface area contributed by atoms with Gasteiger partial charge in [-0.25, -0.2) is 9.78 Å². The number of hydrogen-bond acceptors (Lipinski definition) is 5. The Morgan fingerprint density at radius 1 is 1.56 bits per heavy atom. The minimum absolute atomic E-state index is 0.287. The predicted octanol–water partition coefficient (Wildman–Crippen LogP) is 1.97. The molecule has 0 saturated carbocycles. The van der Waals surface area contributed by atoms with Gasteiger partial charge in [-0.2, -0.15) is 0 Å². The van der Waals surface area contributed by atoms with E-state index in [0.29, 0.717) is 23.8 Å². The Kier molecular flexibility index (Phi) is 4.95. The SMILES string of the molecule is COC(=O)C(CC(C)C)Nc1cc(N)c(C)cn1. The zero-order valence-corrected chi connectivity index (χ0v) is 11.4.